The Bertz CT molecular complexity index is 1120. The summed E-state index contributed by atoms with van der Waals surface area (Å²) in [6, 6.07) is 5.02. The maximum absolute atomic E-state index is 13.8. The molecule has 1 heterocycles. The lowest BCUT2D eigenvalue weighted by Gasteiger charge is -2.26. The van der Waals surface area contributed by atoms with E-state index < -0.39 is 23.6 Å². The standard InChI is InChI=1S/C40H66F3N3O3/c1-4-6-8-10-12-14-16-18-20-22-24-26-30-45(31-27-25-23-21-19-17-15-13-11-9-7-5-2)34-28-29-36(37(32-34)49-3)46-38(48)35(33-47)44-39(46)40(41,42)43/h28-29,32-33,48H,4-27,30-31H2,1-3H3. The van der Waals surface area contributed by atoms with E-state index in [1.807, 2.05) is 0 Å². The Morgan fingerprint density at radius 3 is 1.49 bits per heavy atom. The van der Waals surface area contributed by atoms with E-state index in [0.29, 0.717) is 4.57 Å². The number of aldehydes is 1. The van der Waals surface area contributed by atoms with Crippen LogP contribution in [0.1, 0.15) is 184 Å². The Labute approximate surface area is 295 Å². The van der Waals surface area contributed by atoms with Crippen LogP contribution in [0, 0.1) is 0 Å². The number of methoxy groups -OCH3 is 1. The van der Waals surface area contributed by atoms with Crippen molar-refractivity contribution >= 4 is 12.0 Å². The molecule has 0 spiro atoms. The number of benzene rings is 1. The molecule has 1 N–H and O–H groups in total. The van der Waals surface area contributed by atoms with Crippen molar-refractivity contribution in [3.05, 3.63) is 29.7 Å². The highest BCUT2D eigenvalue weighted by atomic mass is 19.4. The summed E-state index contributed by atoms with van der Waals surface area (Å²) in [5.74, 6) is -2.07. The second-order valence-electron chi connectivity index (χ2n) is 13.7. The van der Waals surface area contributed by atoms with E-state index in [9.17, 15) is 23.1 Å². The van der Waals surface area contributed by atoms with Crippen LogP contribution in [-0.4, -0.2) is 41.1 Å². The highest BCUT2D eigenvalue weighted by Crippen LogP contribution is 2.39. The van der Waals surface area contributed by atoms with Gasteiger partial charge in [0, 0.05) is 24.8 Å². The number of halogens is 3. The molecule has 0 aliphatic heterocycles. The molecule has 0 radical (unpaired) electrons. The van der Waals surface area contributed by atoms with E-state index in [1.54, 1.807) is 12.1 Å². The van der Waals surface area contributed by atoms with Crippen LogP contribution < -0.4 is 9.64 Å². The molecule has 0 amide bonds. The molecule has 1 aromatic heterocycles. The van der Waals surface area contributed by atoms with Crippen molar-refractivity contribution in [1.82, 2.24) is 9.55 Å². The number of nitrogens with zero attached hydrogens (tertiary/aromatic N) is 3. The minimum absolute atomic E-state index is 0.0210. The van der Waals surface area contributed by atoms with E-state index in [1.165, 1.54) is 142 Å². The summed E-state index contributed by atoms with van der Waals surface area (Å²) in [4.78, 5) is 17.0. The summed E-state index contributed by atoms with van der Waals surface area (Å²) >= 11 is 0. The van der Waals surface area contributed by atoms with Crippen LogP contribution in [0.15, 0.2) is 18.2 Å². The minimum Gasteiger partial charge on any atom is -0.494 e. The van der Waals surface area contributed by atoms with Crippen molar-refractivity contribution < 1.29 is 27.8 Å². The predicted molar refractivity (Wildman–Crippen MR) is 197 cm³/mol. The van der Waals surface area contributed by atoms with E-state index in [4.69, 9.17) is 4.74 Å². The summed E-state index contributed by atoms with van der Waals surface area (Å²) in [5.41, 5.74) is 0.182. The first kappa shape index (κ1) is 42.5. The fourth-order valence-corrected chi connectivity index (χ4v) is 6.63. The maximum atomic E-state index is 13.8. The largest absolute Gasteiger partial charge is 0.494 e. The van der Waals surface area contributed by atoms with Gasteiger partial charge in [0.2, 0.25) is 11.7 Å². The van der Waals surface area contributed by atoms with Crippen molar-refractivity contribution in [3.8, 4) is 17.3 Å². The first-order valence-corrected chi connectivity index (χ1v) is 19.6. The molecule has 0 saturated carbocycles. The van der Waals surface area contributed by atoms with Crippen LogP contribution in [0.2, 0.25) is 0 Å². The number of hydrogen-bond acceptors (Lipinski definition) is 5. The molecule has 2 rings (SSSR count). The molecule has 280 valence electrons. The number of unbranched alkanes of at least 4 members (excludes halogenated alkanes) is 22. The molecule has 0 atom stereocenters. The van der Waals surface area contributed by atoms with E-state index in [0.717, 1.165) is 44.5 Å². The third-order valence-electron chi connectivity index (χ3n) is 9.58. The number of aromatic nitrogens is 2. The van der Waals surface area contributed by atoms with E-state index in [2.05, 4.69) is 23.7 Å². The second-order valence-corrected chi connectivity index (χ2v) is 13.7. The molecule has 2 aromatic rings. The van der Waals surface area contributed by atoms with Crippen molar-refractivity contribution in [3.63, 3.8) is 0 Å². The summed E-state index contributed by atoms with van der Waals surface area (Å²) in [5, 5.41) is 10.5. The molecule has 49 heavy (non-hydrogen) atoms. The summed E-state index contributed by atoms with van der Waals surface area (Å²) in [6.07, 6.45) is 25.9. The zero-order valence-electron chi connectivity index (χ0n) is 30.9. The van der Waals surface area contributed by atoms with E-state index >= 15 is 0 Å². The number of ether oxygens (including phenoxy) is 1. The average molecular weight is 694 g/mol. The first-order chi connectivity index (χ1) is 23.8. The van der Waals surface area contributed by atoms with Gasteiger partial charge in [-0.2, -0.15) is 13.2 Å². The van der Waals surface area contributed by atoms with Crippen LogP contribution in [0.3, 0.4) is 0 Å². The number of carbonyl (C=O) groups is 1. The van der Waals surface area contributed by atoms with Crippen molar-refractivity contribution in [2.75, 3.05) is 25.1 Å². The lowest BCUT2D eigenvalue weighted by atomic mass is 10.0. The highest BCUT2D eigenvalue weighted by molar-refractivity contribution is 5.76. The number of alkyl halides is 3. The number of imidazole rings is 1. The lowest BCUT2D eigenvalue weighted by molar-refractivity contribution is -0.146. The molecule has 0 unspecified atom stereocenters. The third-order valence-corrected chi connectivity index (χ3v) is 9.58. The topological polar surface area (TPSA) is 67.6 Å². The SMILES string of the molecule is CCCCCCCCCCCCCCN(CCCCCCCCCCCCCC)c1ccc(-n2c(C(F)(F)F)nc(C=O)c2O)c(OC)c1. The summed E-state index contributed by atoms with van der Waals surface area (Å²) in [7, 11) is 1.39. The molecule has 0 saturated heterocycles. The predicted octanol–water partition coefficient (Wildman–Crippen LogP) is 12.6. The fraction of sp³-hybridized carbons (Fsp3) is 0.750. The Hall–Kier alpha value is -2.71. The third kappa shape index (κ3) is 16.2. The van der Waals surface area contributed by atoms with Crippen LogP contribution in [0.4, 0.5) is 18.9 Å². The van der Waals surface area contributed by atoms with Gasteiger partial charge in [0.15, 0.2) is 12.0 Å². The lowest BCUT2D eigenvalue weighted by Crippen LogP contribution is -2.26. The van der Waals surface area contributed by atoms with Crippen molar-refractivity contribution in [2.45, 2.75) is 174 Å². The normalized spacial score (nSPS) is 11.7. The number of aromatic hydroxyl groups is 1. The molecule has 0 aliphatic rings. The van der Waals surface area contributed by atoms with Gasteiger partial charge in [-0.15, -0.1) is 0 Å². The van der Waals surface area contributed by atoms with Crippen LogP contribution in [-0.2, 0) is 6.18 Å². The number of hydrogen-bond donors (Lipinski definition) is 1. The van der Waals surface area contributed by atoms with Gasteiger partial charge >= 0.3 is 6.18 Å². The Morgan fingerprint density at radius 2 is 1.12 bits per heavy atom. The summed E-state index contributed by atoms with van der Waals surface area (Å²) in [6.45, 7) is 6.22. The average Bonchev–Trinajstić information content (AvgIpc) is 3.44. The van der Waals surface area contributed by atoms with Crippen molar-refractivity contribution in [2.24, 2.45) is 0 Å². The van der Waals surface area contributed by atoms with Crippen molar-refractivity contribution in [1.29, 1.82) is 0 Å². The number of carbonyl (C=O) groups excluding carboxylic acids is 1. The number of rotatable bonds is 30. The second kappa shape index (κ2) is 25.3. The van der Waals surface area contributed by atoms with Gasteiger partial charge in [-0.05, 0) is 25.0 Å². The van der Waals surface area contributed by atoms with Gasteiger partial charge in [-0.25, -0.2) is 4.98 Å². The van der Waals surface area contributed by atoms with Gasteiger partial charge in [0.25, 0.3) is 0 Å². The quantitative estimate of drug-likeness (QED) is 0.0651. The van der Waals surface area contributed by atoms with Gasteiger partial charge in [0.1, 0.15) is 5.75 Å². The molecule has 0 fully saturated rings. The molecular weight excluding hydrogens is 627 g/mol. The minimum atomic E-state index is -4.88. The zero-order chi connectivity index (χ0) is 35.7. The Morgan fingerprint density at radius 1 is 0.714 bits per heavy atom. The fourth-order valence-electron chi connectivity index (χ4n) is 6.63. The van der Waals surface area contributed by atoms with E-state index in [-0.39, 0.29) is 17.7 Å². The molecule has 9 heteroatoms. The van der Waals surface area contributed by atoms with Gasteiger partial charge < -0.3 is 14.7 Å². The maximum Gasteiger partial charge on any atom is 0.450 e. The number of anilines is 1. The smallest absolute Gasteiger partial charge is 0.450 e. The highest BCUT2D eigenvalue weighted by Gasteiger charge is 2.40. The summed E-state index contributed by atoms with van der Waals surface area (Å²) < 4.78 is 47.6. The monoisotopic (exact) mass is 694 g/mol. The zero-order valence-corrected chi connectivity index (χ0v) is 30.9. The first-order valence-electron chi connectivity index (χ1n) is 19.6. The van der Waals surface area contributed by atoms with Gasteiger partial charge in [-0.3, -0.25) is 9.36 Å². The Balaban J connectivity index is 1.98. The molecule has 0 aliphatic carbocycles. The van der Waals surface area contributed by atoms with Crippen LogP contribution in [0.5, 0.6) is 11.6 Å². The van der Waals surface area contributed by atoms with Gasteiger partial charge in [0.05, 0.1) is 12.8 Å². The Kier molecular flexibility index (Phi) is 21.9. The van der Waals surface area contributed by atoms with Crippen LogP contribution in [0.25, 0.3) is 5.69 Å². The van der Waals surface area contributed by atoms with Gasteiger partial charge in [-0.1, -0.05) is 155 Å². The molecular formula is C40H66F3N3O3. The van der Waals surface area contributed by atoms with Crippen LogP contribution >= 0.6 is 0 Å². The molecule has 6 nitrogen and oxygen atoms in total. The molecule has 0 bridgehead atoms. The molecule has 1 aromatic carbocycles.